The van der Waals surface area contributed by atoms with Crippen LogP contribution >= 0.6 is 0 Å². The molecule has 0 saturated heterocycles. The summed E-state index contributed by atoms with van der Waals surface area (Å²) in [7, 11) is 0. The van der Waals surface area contributed by atoms with Crippen molar-refractivity contribution in [3.8, 4) is 22.9 Å². The fourth-order valence-electron chi connectivity index (χ4n) is 4.13. The maximum absolute atomic E-state index is 13.3. The molecule has 0 aliphatic heterocycles. The Balaban J connectivity index is 1.48. The zero-order valence-electron chi connectivity index (χ0n) is 23.8. The Morgan fingerprint density at radius 2 is 1.44 bits per heavy atom. The van der Waals surface area contributed by atoms with E-state index in [1.54, 1.807) is 48.8 Å². The van der Waals surface area contributed by atoms with Gasteiger partial charge >= 0.3 is 12.1 Å². The predicted molar refractivity (Wildman–Crippen MR) is 152 cm³/mol. The summed E-state index contributed by atoms with van der Waals surface area (Å²) in [5.74, 6) is 0.906. The molecule has 3 aromatic rings. The minimum absolute atomic E-state index is 0.0578. The number of halogens is 3. The van der Waals surface area contributed by atoms with Crippen LogP contribution in [0.1, 0.15) is 87.6 Å². The third-order valence-electron chi connectivity index (χ3n) is 6.54. The number of rotatable bonds is 17. The first kappa shape index (κ1) is 32.1. The van der Waals surface area contributed by atoms with Crippen molar-refractivity contribution < 1.29 is 32.2 Å². The van der Waals surface area contributed by atoms with Gasteiger partial charge in [0.1, 0.15) is 5.75 Å². The second-order valence-corrected chi connectivity index (χ2v) is 9.95. The predicted octanol–water partition coefficient (Wildman–Crippen LogP) is 8.74. The van der Waals surface area contributed by atoms with Crippen molar-refractivity contribution in [2.75, 3.05) is 6.61 Å². The molecule has 0 fully saturated rings. The van der Waals surface area contributed by atoms with Crippen LogP contribution in [0.25, 0.3) is 11.4 Å². The molecule has 0 amide bonds. The van der Waals surface area contributed by atoms with Gasteiger partial charge in [-0.15, -0.1) is 0 Å². The van der Waals surface area contributed by atoms with Crippen LogP contribution in [0.5, 0.6) is 11.5 Å². The lowest BCUT2D eigenvalue weighted by molar-refractivity contribution is -0.225. The molecule has 0 bridgehead atoms. The number of benzene rings is 2. The molecule has 0 saturated carbocycles. The summed E-state index contributed by atoms with van der Waals surface area (Å²) in [6.45, 7) is 4.62. The summed E-state index contributed by atoms with van der Waals surface area (Å²) in [6, 6.07) is 13.0. The fraction of sp³-hybridized carbons (Fsp3) is 0.469. The van der Waals surface area contributed by atoms with Gasteiger partial charge in [-0.1, -0.05) is 70.9 Å². The summed E-state index contributed by atoms with van der Waals surface area (Å²) in [4.78, 5) is 21.3. The van der Waals surface area contributed by atoms with Gasteiger partial charge in [-0.25, -0.2) is 14.8 Å². The molecular formula is C32H39F3N2O4. The first-order valence-electron chi connectivity index (χ1n) is 14.3. The third-order valence-corrected chi connectivity index (χ3v) is 6.54. The topological polar surface area (TPSA) is 70.5 Å². The molecule has 41 heavy (non-hydrogen) atoms. The largest absolute Gasteiger partial charge is 0.490 e. The monoisotopic (exact) mass is 572 g/mol. The van der Waals surface area contributed by atoms with E-state index in [4.69, 9.17) is 14.2 Å². The van der Waals surface area contributed by atoms with Crippen LogP contribution in [0.2, 0.25) is 0 Å². The molecule has 222 valence electrons. The second-order valence-electron chi connectivity index (χ2n) is 9.95. The summed E-state index contributed by atoms with van der Waals surface area (Å²) < 4.78 is 56.3. The maximum atomic E-state index is 13.3. The van der Waals surface area contributed by atoms with Crippen molar-refractivity contribution >= 4 is 5.97 Å². The van der Waals surface area contributed by atoms with Crippen molar-refractivity contribution in [1.82, 2.24) is 9.97 Å². The van der Waals surface area contributed by atoms with Crippen LogP contribution in [0.4, 0.5) is 13.2 Å². The quantitative estimate of drug-likeness (QED) is 0.0915. The normalized spacial score (nSPS) is 12.2. The molecule has 0 aliphatic carbocycles. The number of esters is 1. The number of alkyl halides is 3. The Bertz CT molecular complexity index is 1170. The Hall–Kier alpha value is -3.46. The number of unbranched alkanes of at least 4 members (excludes halogenated alkanes) is 6. The van der Waals surface area contributed by atoms with Crippen LogP contribution < -0.4 is 9.47 Å². The molecule has 9 heteroatoms. The van der Waals surface area contributed by atoms with Crippen LogP contribution in [0, 0.1) is 0 Å². The number of aromatic nitrogens is 2. The highest BCUT2D eigenvalue weighted by Crippen LogP contribution is 2.28. The molecule has 0 spiro atoms. The Morgan fingerprint density at radius 3 is 2.05 bits per heavy atom. The van der Waals surface area contributed by atoms with E-state index in [2.05, 4.69) is 16.9 Å². The maximum Gasteiger partial charge on any atom is 0.414 e. The molecule has 6 nitrogen and oxygen atoms in total. The highest BCUT2D eigenvalue weighted by molar-refractivity contribution is 5.91. The zero-order chi connectivity index (χ0) is 29.5. The van der Waals surface area contributed by atoms with Crippen molar-refractivity contribution in [1.29, 1.82) is 0 Å². The van der Waals surface area contributed by atoms with E-state index in [9.17, 15) is 18.0 Å². The number of carbonyl (C=O) groups is 1. The molecule has 0 radical (unpaired) electrons. The van der Waals surface area contributed by atoms with E-state index >= 15 is 0 Å². The Kier molecular flexibility index (Phi) is 13.1. The van der Waals surface area contributed by atoms with E-state index in [0.29, 0.717) is 35.9 Å². The van der Waals surface area contributed by atoms with Gasteiger partial charge in [0.15, 0.2) is 17.7 Å². The first-order valence-corrected chi connectivity index (χ1v) is 14.3. The van der Waals surface area contributed by atoms with Gasteiger partial charge in [0.2, 0.25) is 0 Å². The molecular weight excluding hydrogens is 533 g/mol. The summed E-state index contributed by atoms with van der Waals surface area (Å²) in [5, 5.41) is 0. The molecule has 1 atom stereocenters. The second kappa shape index (κ2) is 16.7. The van der Waals surface area contributed by atoms with Gasteiger partial charge in [0.25, 0.3) is 0 Å². The molecule has 0 aliphatic rings. The first-order chi connectivity index (χ1) is 19.8. The highest BCUT2D eigenvalue weighted by atomic mass is 19.4. The van der Waals surface area contributed by atoms with Crippen LogP contribution in [0.3, 0.4) is 0 Å². The number of nitrogens with zero attached hydrogens (tertiary/aromatic N) is 2. The van der Waals surface area contributed by atoms with E-state index in [1.165, 1.54) is 25.0 Å². The average molecular weight is 573 g/mol. The Labute approximate surface area is 240 Å². The lowest BCUT2D eigenvalue weighted by Gasteiger charge is -2.21. The summed E-state index contributed by atoms with van der Waals surface area (Å²) >= 11 is 0. The number of carbonyl (C=O) groups excluding carboxylic acids is 1. The Morgan fingerprint density at radius 1 is 0.805 bits per heavy atom. The molecule has 1 unspecified atom stereocenters. The minimum atomic E-state index is -4.41. The van der Waals surface area contributed by atoms with Crippen molar-refractivity contribution in [3.05, 3.63) is 72.1 Å². The van der Waals surface area contributed by atoms with Crippen molar-refractivity contribution in [2.45, 2.75) is 90.5 Å². The molecule has 0 N–H and O–H groups in total. The van der Waals surface area contributed by atoms with Crippen LogP contribution in [-0.2, 0) is 11.3 Å². The van der Waals surface area contributed by atoms with E-state index < -0.39 is 18.2 Å². The van der Waals surface area contributed by atoms with Gasteiger partial charge in [-0.3, -0.25) is 0 Å². The van der Waals surface area contributed by atoms with E-state index in [0.717, 1.165) is 37.7 Å². The van der Waals surface area contributed by atoms with Gasteiger partial charge in [0.05, 0.1) is 31.2 Å². The van der Waals surface area contributed by atoms with E-state index in [-0.39, 0.29) is 18.6 Å². The zero-order valence-corrected chi connectivity index (χ0v) is 23.8. The lowest BCUT2D eigenvalue weighted by Crippen LogP contribution is -2.31. The van der Waals surface area contributed by atoms with Crippen LogP contribution in [-0.4, -0.2) is 34.8 Å². The standard InChI is InChI=1S/C32H39F3N2O4/c1-3-5-7-9-11-29(32(33,34)35)40-23-24-12-14-26(15-13-24)31(38)41-27-18-16-25(17-19-27)30-36-21-28(22-37-30)39-20-10-8-6-4-2/h12-19,21-22,29H,3-11,20,23H2,1-2H3. The third kappa shape index (κ3) is 11.1. The number of ether oxygens (including phenoxy) is 3. The minimum Gasteiger partial charge on any atom is -0.490 e. The highest BCUT2D eigenvalue weighted by Gasteiger charge is 2.40. The van der Waals surface area contributed by atoms with Gasteiger partial charge in [-0.05, 0) is 54.8 Å². The molecule has 3 rings (SSSR count). The van der Waals surface area contributed by atoms with Crippen molar-refractivity contribution in [2.24, 2.45) is 0 Å². The van der Waals surface area contributed by atoms with Crippen LogP contribution in [0.15, 0.2) is 60.9 Å². The van der Waals surface area contributed by atoms with Gasteiger partial charge in [-0.2, -0.15) is 13.2 Å². The number of hydrogen-bond acceptors (Lipinski definition) is 6. The molecule has 1 aromatic heterocycles. The smallest absolute Gasteiger partial charge is 0.414 e. The summed E-state index contributed by atoms with van der Waals surface area (Å²) in [6.07, 6.45) is 4.59. The number of hydrogen-bond donors (Lipinski definition) is 0. The average Bonchev–Trinajstić information content (AvgIpc) is 2.97. The van der Waals surface area contributed by atoms with Gasteiger partial charge in [0, 0.05) is 5.56 Å². The molecule has 2 aromatic carbocycles. The molecule has 1 heterocycles. The summed E-state index contributed by atoms with van der Waals surface area (Å²) in [5.41, 5.74) is 1.58. The van der Waals surface area contributed by atoms with E-state index in [1.807, 2.05) is 6.92 Å². The SMILES string of the molecule is CCCCCCOc1cnc(-c2ccc(OC(=O)c3ccc(COC(CCCCCC)C(F)(F)F)cc3)cc2)nc1. The lowest BCUT2D eigenvalue weighted by atomic mass is 10.1. The van der Waals surface area contributed by atoms with Crippen molar-refractivity contribution in [3.63, 3.8) is 0 Å². The van der Waals surface area contributed by atoms with Gasteiger partial charge < -0.3 is 14.2 Å². The fourth-order valence-corrected chi connectivity index (χ4v) is 4.13.